The largest absolute Gasteiger partial charge is 0.497 e. The summed E-state index contributed by atoms with van der Waals surface area (Å²) in [7, 11) is 1.64. The zero-order valence-corrected chi connectivity index (χ0v) is 12.6. The van der Waals surface area contributed by atoms with Crippen molar-refractivity contribution in [2.24, 2.45) is 23.5 Å². The predicted octanol–water partition coefficient (Wildman–Crippen LogP) is 3.14. The molecule has 0 aliphatic heterocycles. The van der Waals surface area contributed by atoms with Gasteiger partial charge in [-0.3, -0.25) is 0 Å². The van der Waals surface area contributed by atoms with Gasteiger partial charge in [0, 0.05) is 11.6 Å². The zero-order chi connectivity index (χ0) is 14.1. The second-order valence-corrected chi connectivity index (χ2v) is 6.45. The lowest BCUT2D eigenvalue weighted by atomic mass is 9.89. The van der Waals surface area contributed by atoms with E-state index in [9.17, 15) is 0 Å². The molecule has 2 aliphatic rings. The van der Waals surface area contributed by atoms with Crippen molar-refractivity contribution in [2.45, 2.75) is 25.7 Å². The van der Waals surface area contributed by atoms with Gasteiger partial charge in [-0.05, 0) is 49.1 Å². The van der Waals surface area contributed by atoms with Gasteiger partial charge in [0.05, 0.1) is 13.7 Å². The van der Waals surface area contributed by atoms with E-state index in [0.29, 0.717) is 10.9 Å². The van der Waals surface area contributed by atoms with Gasteiger partial charge < -0.3 is 15.2 Å². The van der Waals surface area contributed by atoms with Crippen LogP contribution in [-0.2, 0) is 0 Å². The van der Waals surface area contributed by atoms with Crippen LogP contribution in [0.25, 0.3) is 0 Å². The first kappa shape index (κ1) is 13.7. The molecule has 2 bridgehead atoms. The van der Waals surface area contributed by atoms with E-state index in [1.165, 1.54) is 25.7 Å². The Labute approximate surface area is 125 Å². The lowest BCUT2D eigenvalue weighted by molar-refractivity contribution is 0.195. The summed E-state index contributed by atoms with van der Waals surface area (Å²) in [4.78, 5) is 0.369. The number of thiocarbonyl (C=S) groups is 1. The quantitative estimate of drug-likeness (QED) is 0.847. The maximum absolute atomic E-state index is 5.98. The molecule has 3 unspecified atom stereocenters. The zero-order valence-electron chi connectivity index (χ0n) is 11.8. The molecule has 108 valence electrons. The molecule has 1 aromatic rings. The highest BCUT2D eigenvalue weighted by Gasteiger charge is 2.39. The van der Waals surface area contributed by atoms with E-state index in [-0.39, 0.29) is 0 Å². The van der Waals surface area contributed by atoms with Crippen molar-refractivity contribution in [3.8, 4) is 11.5 Å². The SMILES string of the molecule is COc1cc(OCC2CC3CCC2C3)cc(C(N)=S)c1. The van der Waals surface area contributed by atoms with E-state index in [2.05, 4.69) is 0 Å². The fraction of sp³-hybridized carbons (Fsp3) is 0.562. The molecule has 0 aromatic heterocycles. The number of fused-ring (bicyclic) bond motifs is 2. The molecule has 20 heavy (non-hydrogen) atoms. The van der Waals surface area contributed by atoms with Crippen molar-refractivity contribution < 1.29 is 9.47 Å². The lowest BCUT2D eigenvalue weighted by Gasteiger charge is -2.22. The Hall–Kier alpha value is -1.29. The molecule has 4 heteroatoms. The molecule has 2 aliphatic carbocycles. The second kappa shape index (κ2) is 5.60. The molecule has 0 amide bonds. The molecule has 0 radical (unpaired) electrons. The minimum Gasteiger partial charge on any atom is -0.497 e. The topological polar surface area (TPSA) is 44.5 Å². The normalized spacial score (nSPS) is 27.6. The fourth-order valence-electron chi connectivity index (χ4n) is 3.70. The van der Waals surface area contributed by atoms with Gasteiger partial charge in [0.25, 0.3) is 0 Å². The third kappa shape index (κ3) is 2.75. The molecule has 2 saturated carbocycles. The Morgan fingerprint density at radius 2 is 2.05 bits per heavy atom. The van der Waals surface area contributed by atoms with Crippen LogP contribution in [0.5, 0.6) is 11.5 Å². The average molecular weight is 291 g/mol. The molecular formula is C16H21NO2S. The maximum Gasteiger partial charge on any atom is 0.123 e. The molecule has 3 nitrogen and oxygen atoms in total. The summed E-state index contributed by atoms with van der Waals surface area (Å²) in [5.74, 6) is 4.08. The molecule has 0 saturated heterocycles. The van der Waals surface area contributed by atoms with Crippen molar-refractivity contribution in [3.63, 3.8) is 0 Å². The summed E-state index contributed by atoms with van der Waals surface area (Å²) in [6, 6.07) is 5.64. The highest BCUT2D eigenvalue weighted by molar-refractivity contribution is 7.80. The first-order valence-electron chi connectivity index (χ1n) is 7.27. The van der Waals surface area contributed by atoms with E-state index < -0.39 is 0 Å². The highest BCUT2D eigenvalue weighted by Crippen LogP contribution is 2.48. The van der Waals surface area contributed by atoms with E-state index >= 15 is 0 Å². The van der Waals surface area contributed by atoms with Crippen molar-refractivity contribution >= 4 is 17.2 Å². The van der Waals surface area contributed by atoms with Crippen molar-refractivity contribution in [1.29, 1.82) is 0 Å². The van der Waals surface area contributed by atoms with E-state index in [0.717, 1.165) is 35.5 Å². The van der Waals surface area contributed by atoms with E-state index in [1.807, 2.05) is 18.2 Å². The molecule has 3 rings (SSSR count). The molecule has 1 aromatic carbocycles. The second-order valence-electron chi connectivity index (χ2n) is 6.01. The highest BCUT2D eigenvalue weighted by atomic mass is 32.1. The fourth-order valence-corrected chi connectivity index (χ4v) is 3.82. The van der Waals surface area contributed by atoms with Gasteiger partial charge in [-0.15, -0.1) is 0 Å². The summed E-state index contributed by atoms with van der Waals surface area (Å²) >= 11 is 5.03. The van der Waals surface area contributed by atoms with E-state index in [4.69, 9.17) is 27.4 Å². The summed E-state index contributed by atoms with van der Waals surface area (Å²) in [5.41, 5.74) is 6.49. The molecule has 0 heterocycles. The van der Waals surface area contributed by atoms with Crippen molar-refractivity contribution in [3.05, 3.63) is 23.8 Å². The van der Waals surface area contributed by atoms with Crippen LogP contribution in [0.2, 0.25) is 0 Å². The first-order valence-corrected chi connectivity index (χ1v) is 7.68. The number of nitrogens with two attached hydrogens (primary N) is 1. The van der Waals surface area contributed by atoms with Crippen LogP contribution >= 0.6 is 12.2 Å². The Bertz CT molecular complexity index is 517. The van der Waals surface area contributed by atoms with Crippen LogP contribution in [0, 0.1) is 17.8 Å². The Kier molecular flexibility index (Phi) is 3.83. The standard InChI is InChI=1S/C16H21NO2S/c1-18-14-6-12(16(17)20)7-15(8-14)19-9-13-5-10-2-3-11(13)4-10/h6-8,10-11,13H,2-5,9H2,1H3,(H2,17,20). The number of hydrogen-bond acceptors (Lipinski definition) is 3. The number of methoxy groups -OCH3 is 1. The Balaban J connectivity index is 1.67. The summed E-state index contributed by atoms with van der Waals surface area (Å²) in [6.07, 6.45) is 5.54. The van der Waals surface area contributed by atoms with Crippen LogP contribution < -0.4 is 15.2 Å². The maximum atomic E-state index is 5.98. The van der Waals surface area contributed by atoms with Crippen molar-refractivity contribution in [1.82, 2.24) is 0 Å². The lowest BCUT2D eigenvalue weighted by Crippen LogP contribution is -2.18. The number of benzene rings is 1. The van der Waals surface area contributed by atoms with Gasteiger partial charge in [0.15, 0.2) is 0 Å². The smallest absolute Gasteiger partial charge is 0.123 e. The van der Waals surface area contributed by atoms with Gasteiger partial charge in [-0.25, -0.2) is 0 Å². The van der Waals surface area contributed by atoms with Crippen molar-refractivity contribution in [2.75, 3.05) is 13.7 Å². The third-order valence-electron chi connectivity index (χ3n) is 4.75. The van der Waals surface area contributed by atoms with Crippen LogP contribution in [-0.4, -0.2) is 18.7 Å². The number of rotatable bonds is 5. The van der Waals surface area contributed by atoms with Gasteiger partial charge >= 0.3 is 0 Å². The van der Waals surface area contributed by atoms with Crippen LogP contribution in [0.15, 0.2) is 18.2 Å². The first-order chi connectivity index (χ1) is 9.65. The Morgan fingerprint density at radius 1 is 1.25 bits per heavy atom. The minimum atomic E-state index is 0.369. The molecule has 2 fully saturated rings. The number of ether oxygens (including phenoxy) is 2. The van der Waals surface area contributed by atoms with Crippen LogP contribution in [0.1, 0.15) is 31.2 Å². The van der Waals surface area contributed by atoms with Gasteiger partial charge in [0.1, 0.15) is 16.5 Å². The molecule has 0 spiro atoms. The minimum absolute atomic E-state index is 0.369. The number of hydrogen-bond donors (Lipinski definition) is 1. The summed E-state index contributed by atoms with van der Waals surface area (Å²) in [5, 5.41) is 0. The molecular weight excluding hydrogens is 270 g/mol. The summed E-state index contributed by atoms with van der Waals surface area (Å²) < 4.78 is 11.3. The summed E-state index contributed by atoms with van der Waals surface area (Å²) in [6.45, 7) is 0.797. The molecule has 2 N–H and O–H groups in total. The predicted molar refractivity (Wildman–Crippen MR) is 83.3 cm³/mol. The molecule has 3 atom stereocenters. The van der Waals surface area contributed by atoms with Crippen LogP contribution in [0.4, 0.5) is 0 Å². The van der Waals surface area contributed by atoms with Gasteiger partial charge in [0.2, 0.25) is 0 Å². The third-order valence-corrected chi connectivity index (χ3v) is 4.98. The van der Waals surface area contributed by atoms with Gasteiger partial charge in [-0.1, -0.05) is 18.6 Å². The van der Waals surface area contributed by atoms with Gasteiger partial charge in [-0.2, -0.15) is 0 Å². The average Bonchev–Trinajstić information content (AvgIpc) is 3.07. The monoisotopic (exact) mass is 291 g/mol. The van der Waals surface area contributed by atoms with E-state index in [1.54, 1.807) is 7.11 Å². The Morgan fingerprint density at radius 3 is 2.65 bits per heavy atom. The van der Waals surface area contributed by atoms with Crippen LogP contribution in [0.3, 0.4) is 0 Å².